The average Bonchev–Trinajstić information content (AvgIpc) is 2.43. The Kier molecular flexibility index (Phi) is 4.49. The third-order valence-electron chi connectivity index (χ3n) is 2.94. The second-order valence-electron chi connectivity index (χ2n) is 4.67. The number of carbonyl (C=O) groups excluding carboxylic acids is 1. The van der Waals surface area contributed by atoms with Gasteiger partial charge in [0, 0.05) is 10.0 Å². The van der Waals surface area contributed by atoms with Crippen molar-refractivity contribution in [2.45, 2.75) is 18.7 Å². The average molecular weight is 368 g/mol. The van der Waals surface area contributed by atoms with Crippen LogP contribution >= 0.6 is 15.9 Å². The Morgan fingerprint density at radius 2 is 1.71 bits per heavy atom. The van der Waals surface area contributed by atoms with E-state index in [1.165, 1.54) is 31.2 Å². The molecular weight excluding hydrogens is 354 g/mol. The highest BCUT2D eigenvalue weighted by Gasteiger charge is 2.16. The van der Waals surface area contributed by atoms with Crippen LogP contribution in [0.3, 0.4) is 0 Å². The molecule has 6 heteroatoms. The molecule has 0 radical (unpaired) electrons. The maximum absolute atomic E-state index is 12.3. The van der Waals surface area contributed by atoms with Gasteiger partial charge in [0.2, 0.25) is 0 Å². The van der Waals surface area contributed by atoms with Gasteiger partial charge in [-0.3, -0.25) is 9.52 Å². The summed E-state index contributed by atoms with van der Waals surface area (Å²) in [5.74, 6) is -0.103. The van der Waals surface area contributed by atoms with Gasteiger partial charge in [-0.25, -0.2) is 8.42 Å². The number of carbonyl (C=O) groups is 1. The first-order valence-corrected chi connectivity index (χ1v) is 8.47. The van der Waals surface area contributed by atoms with Crippen LogP contribution in [-0.4, -0.2) is 14.2 Å². The molecule has 0 bridgehead atoms. The van der Waals surface area contributed by atoms with Crippen molar-refractivity contribution in [3.63, 3.8) is 0 Å². The van der Waals surface area contributed by atoms with Gasteiger partial charge in [-0.05, 0) is 59.6 Å². The first-order chi connectivity index (χ1) is 9.79. The summed E-state index contributed by atoms with van der Waals surface area (Å²) in [7, 11) is -3.69. The van der Waals surface area contributed by atoms with E-state index in [9.17, 15) is 13.2 Å². The van der Waals surface area contributed by atoms with Crippen molar-refractivity contribution in [1.82, 2.24) is 0 Å². The molecule has 4 nitrogen and oxygen atoms in total. The lowest BCUT2D eigenvalue weighted by atomic mass is 10.2. The topological polar surface area (TPSA) is 63.2 Å². The van der Waals surface area contributed by atoms with E-state index in [-0.39, 0.29) is 10.7 Å². The van der Waals surface area contributed by atoms with Gasteiger partial charge >= 0.3 is 0 Å². The Morgan fingerprint density at radius 1 is 1.10 bits per heavy atom. The monoisotopic (exact) mass is 367 g/mol. The molecule has 0 spiro atoms. The van der Waals surface area contributed by atoms with Crippen molar-refractivity contribution in [3.8, 4) is 0 Å². The Morgan fingerprint density at radius 3 is 2.29 bits per heavy atom. The molecule has 0 unspecified atom stereocenters. The second kappa shape index (κ2) is 5.99. The lowest BCUT2D eigenvalue weighted by Crippen LogP contribution is -2.13. The van der Waals surface area contributed by atoms with Gasteiger partial charge in [-0.2, -0.15) is 0 Å². The minimum absolute atomic E-state index is 0.103. The van der Waals surface area contributed by atoms with Crippen LogP contribution in [0.1, 0.15) is 22.8 Å². The highest BCUT2D eigenvalue weighted by atomic mass is 79.9. The van der Waals surface area contributed by atoms with Gasteiger partial charge in [0.1, 0.15) is 0 Å². The molecule has 21 heavy (non-hydrogen) atoms. The highest BCUT2D eigenvalue weighted by Crippen LogP contribution is 2.26. The molecule has 0 atom stereocenters. The molecule has 1 N–H and O–H groups in total. The van der Waals surface area contributed by atoms with Gasteiger partial charge in [0.15, 0.2) is 5.78 Å². The fourth-order valence-electron chi connectivity index (χ4n) is 1.79. The first kappa shape index (κ1) is 15.7. The number of anilines is 1. The third-order valence-corrected chi connectivity index (χ3v) is 5.01. The van der Waals surface area contributed by atoms with Crippen LogP contribution in [0.25, 0.3) is 0 Å². The molecule has 2 aromatic carbocycles. The summed E-state index contributed by atoms with van der Waals surface area (Å²) in [5.41, 5.74) is 1.90. The minimum atomic E-state index is -3.69. The van der Waals surface area contributed by atoms with E-state index < -0.39 is 10.0 Å². The van der Waals surface area contributed by atoms with Gasteiger partial charge in [0.05, 0.1) is 10.6 Å². The molecule has 110 valence electrons. The zero-order valence-electron chi connectivity index (χ0n) is 11.6. The van der Waals surface area contributed by atoms with E-state index in [0.29, 0.717) is 15.7 Å². The molecule has 0 aliphatic heterocycles. The van der Waals surface area contributed by atoms with Gasteiger partial charge < -0.3 is 0 Å². The van der Waals surface area contributed by atoms with Crippen molar-refractivity contribution >= 4 is 37.4 Å². The highest BCUT2D eigenvalue weighted by molar-refractivity contribution is 9.10. The summed E-state index contributed by atoms with van der Waals surface area (Å²) in [5, 5.41) is 0. The van der Waals surface area contributed by atoms with Crippen LogP contribution in [0.15, 0.2) is 51.8 Å². The van der Waals surface area contributed by atoms with Crippen LogP contribution in [0.4, 0.5) is 5.69 Å². The van der Waals surface area contributed by atoms with Crippen molar-refractivity contribution < 1.29 is 13.2 Å². The SMILES string of the molecule is CC(=O)c1ccc(S(=O)(=O)Nc2cc(C)ccc2Br)cc1. The third kappa shape index (κ3) is 3.71. The smallest absolute Gasteiger partial charge is 0.261 e. The molecule has 0 saturated heterocycles. The number of halogens is 1. The Labute approximate surface area is 132 Å². The Hall–Kier alpha value is -1.66. The molecule has 0 amide bonds. The van der Waals surface area contributed by atoms with E-state index in [0.717, 1.165) is 5.56 Å². The maximum atomic E-state index is 12.3. The van der Waals surface area contributed by atoms with Crippen molar-refractivity contribution in [2.75, 3.05) is 4.72 Å². The van der Waals surface area contributed by atoms with E-state index in [4.69, 9.17) is 0 Å². The molecule has 0 aromatic heterocycles. The maximum Gasteiger partial charge on any atom is 0.261 e. The summed E-state index contributed by atoms with van der Waals surface area (Å²) in [6.07, 6.45) is 0. The van der Waals surface area contributed by atoms with Crippen LogP contribution in [0.2, 0.25) is 0 Å². The standard InChI is InChI=1S/C15H14BrNO3S/c1-10-3-8-14(16)15(9-10)17-21(19,20)13-6-4-12(5-7-13)11(2)18/h3-9,17H,1-2H3. The number of hydrogen-bond donors (Lipinski definition) is 1. The summed E-state index contributed by atoms with van der Waals surface area (Å²) in [6, 6.07) is 11.2. The number of nitrogens with one attached hydrogen (secondary N) is 1. The van der Waals surface area contributed by atoms with Gasteiger partial charge in [-0.15, -0.1) is 0 Å². The Bertz CT molecular complexity index is 783. The van der Waals surface area contributed by atoms with Crippen LogP contribution in [0.5, 0.6) is 0 Å². The summed E-state index contributed by atoms with van der Waals surface area (Å²) in [6.45, 7) is 3.32. The predicted molar refractivity (Wildman–Crippen MR) is 86.1 cm³/mol. The fourth-order valence-corrected chi connectivity index (χ4v) is 3.34. The van der Waals surface area contributed by atoms with E-state index in [1.54, 1.807) is 12.1 Å². The molecule has 0 fully saturated rings. The van der Waals surface area contributed by atoms with Crippen molar-refractivity contribution in [3.05, 3.63) is 58.1 Å². The zero-order chi connectivity index (χ0) is 15.6. The molecule has 2 rings (SSSR count). The predicted octanol–water partition coefficient (Wildman–Crippen LogP) is 3.76. The van der Waals surface area contributed by atoms with Gasteiger partial charge in [-0.1, -0.05) is 18.2 Å². The normalized spacial score (nSPS) is 11.2. The fraction of sp³-hybridized carbons (Fsp3) is 0.133. The van der Waals surface area contributed by atoms with Crippen molar-refractivity contribution in [1.29, 1.82) is 0 Å². The number of hydrogen-bond acceptors (Lipinski definition) is 3. The lowest BCUT2D eigenvalue weighted by molar-refractivity contribution is 0.101. The molecule has 0 saturated carbocycles. The summed E-state index contributed by atoms with van der Waals surface area (Å²) in [4.78, 5) is 11.3. The minimum Gasteiger partial charge on any atom is -0.295 e. The Balaban J connectivity index is 2.34. The molecule has 0 aliphatic carbocycles. The summed E-state index contributed by atoms with van der Waals surface area (Å²) >= 11 is 3.31. The number of aryl methyl sites for hydroxylation is 1. The van der Waals surface area contributed by atoms with Gasteiger partial charge in [0.25, 0.3) is 10.0 Å². The number of rotatable bonds is 4. The van der Waals surface area contributed by atoms with E-state index in [2.05, 4.69) is 20.7 Å². The zero-order valence-corrected chi connectivity index (χ0v) is 14.0. The molecule has 0 heterocycles. The first-order valence-electron chi connectivity index (χ1n) is 6.19. The number of benzene rings is 2. The number of sulfonamides is 1. The molecular formula is C15H14BrNO3S. The number of ketones is 1. The number of Topliss-reactive ketones (excluding diaryl/α,β-unsaturated/α-hetero) is 1. The van der Waals surface area contributed by atoms with Crippen LogP contribution in [-0.2, 0) is 10.0 Å². The van der Waals surface area contributed by atoms with Crippen LogP contribution in [0, 0.1) is 6.92 Å². The molecule has 2 aromatic rings. The van der Waals surface area contributed by atoms with E-state index in [1.807, 2.05) is 13.0 Å². The lowest BCUT2D eigenvalue weighted by Gasteiger charge is -2.10. The van der Waals surface area contributed by atoms with Crippen LogP contribution < -0.4 is 4.72 Å². The summed E-state index contributed by atoms with van der Waals surface area (Å²) < 4.78 is 27.9. The van der Waals surface area contributed by atoms with E-state index >= 15 is 0 Å². The molecule has 0 aliphatic rings. The quantitative estimate of drug-likeness (QED) is 0.836. The second-order valence-corrected chi connectivity index (χ2v) is 7.21. The van der Waals surface area contributed by atoms with Crippen molar-refractivity contribution in [2.24, 2.45) is 0 Å². The largest absolute Gasteiger partial charge is 0.295 e.